The zero-order chi connectivity index (χ0) is 20.5. The number of alkyl halides is 3. The quantitative estimate of drug-likeness (QED) is 0.444. The van der Waals surface area contributed by atoms with Crippen molar-refractivity contribution in [3.05, 3.63) is 59.3 Å². The maximum absolute atomic E-state index is 12.7. The van der Waals surface area contributed by atoms with E-state index in [4.69, 9.17) is 14.2 Å². The molecule has 0 saturated carbocycles. The maximum atomic E-state index is 12.7. The van der Waals surface area contributed by atoms with Gasteiger partial charge in [0.1, 0.15) is 17.0 Å². The molecule has 1 aliphatic heterocycles. The summed E-state index contributed by atoms with van der Waals surface area (Å²) in [4.78, 5) is 27.3. The standard InChI is InChI=1S/C19H14F3NO5/c1-18(2)27-16(24)13(17(25)28-18)10-11-6-8-12(9-7-11)26-15-5-3-4-14(23-15)19(20,21)22/h3-10H,1-2H3. The van der Waals surface area contributed by atoms with Crippen LogP contribution in [0.4, 0.5) is 13.2 Å². The molecule has 1 aliphatic rings. The van der Waals surface area contributed by atoms with Crippen LogP contribution in [-0.2, 0) is 25.2 Å². The van der Waals surface area contributed by atoms with Crippen molar-refractivity contribution in [1.29, 1.82) is 0 Å². The lowest BCUT2D eigenvalue weighted by Gasteiger charge is -2.29. The Labute approximate surface area is 157 Å². The molecule has 1 saturated heterocycles. The second-order valence-corrected chi connectivity index (χ2v) is 6.27. The molecule has 2 heterocycles. The van der Waals surface area contributed by atoms with Crippen LogP contribution >= 0.6 is 0 Å². The van der Waals surface area contributed by atoms with Crippen molar-refractivity contribution in [1.82, 2.24) is 4.98 Å². The lowest BCUT2D eigenvalue weighted by molar-refractivity contribution is -0.222. The Kier molecular flexibility index (Phi) is 4.84. The van der Waals surface area contributed by atoms with E-state index in [1.54, 1.807) is 0 Å². The molecule has 0 aliphatic carbocycles. The van der Waals surface area contributed by atoms with Crippen LogP contribution in [0.3, 0.4) is 0 Å². The van der Waals surface area contributed by atoms with E-state index < -0.39 is 29.6 Å². The molecular weight excluding hydrogens is 379 g/mol. The van der Waals surface area contributed by atoms with Gasteiger partial charge in [0.2, 0.25) is 5.88 Å². The molecule has 1 fully saturated rings. The molecule has 0 unspecified atom stereocenters. The zero-order valence-electron chi connectivity index (χ0n) is 14.7. The number of rotatable bonds is 3. The molecule has 0 bridgehead atoms. The molecule has 1 aromatic carbocycles. The van der Waals surface area contributed by atoms with Gasteiger partial charge in [0.25, 0.3) is 5.79 Å². The van der Waals surface area contributed by atoms with Crippen LogP contribution in [0.15, 0.2) is 48.0 Å². The highest BCUT2D eigenvalue weighted by atomic mass is 19.4. The highest BCUT2D eigenvalue weighted by Gasteiger charge is 2.38. The Bertz CT molecular complexity index is 927. The smallest absolute Gasteiger partial charge is 0.433 e. The number of cyclic esters (lactones) is 2. The lowest BCUT2D eigenvalue weighted by Crippen LogP contribution is -2.41. The summed E-state index contributed by atoms with van der Waals surface area (Å²) in [5.41, 5.74) is -0.871. The Morgan fingerprint density at radius 3 is 2.18 bits per heavy atom. The lowest BCUT2D eigenvalue weighted by atomic mass is 10.1. The van der Waals surface area contributed by atoms with Crippen LogP contribution < -0.4 is 4.74 Å². The van der Waals surface area contributed by atoms with Gasteiger partial charge in [0.15, 0.2) is 0 Å². The highest BCUT2D eigenvalue weighted by Crippen LogP contribution is 2.30. The van der Waals surface area contributed by atoms with Gasteiger partial charge in [-0.1, -0.05) is 18.2 Å². The van der Waals surface area contributed by atoms with Gasteiger partial charge >= 0.3 is 18.1 Å². The second kappa shape index (κ2) is 6.99. The molecule has 6 nitrogen and oxygen atoms in total. The molecule has 0 amide bonds. The topological polar surface area (TPSA) is 74.7 Å². The Hall–Kier alpha value is -3.36. The fraction of sp³-hybridized carbons (Fsp3) is 0.211. The van der Waals surface area contributed by atoms with Gasteiger partial charge in [-0.2, -0.15) is 13.2 Å². The largest absolute Gasteiger partial charge is 0.439 e. The third kappa shape index (κ3) is 4.48. The number of nitrogens with zero attached hydrogens (tertiary/aromatic N) is 1. The monoisotopic (exact) mass is 393 g/mol. The van der Waals surface area contributed by atoms with Crippen molar-refractivity contribution in [3.8, 4) is 11.6 Å². The van der Waals surface area contributed by atoms with Crippen LogP contribution in [0, 0.1) is 0 Å². The van der Waals surface area contributed by atoms with E-state index in [-0.39, 0.29) is 17.2 Å². The SMILES string of the molecule is CC1(C)OC(=O)C(=Cc2ccc(Oc3cccc(C(F)(F)F)n3)cc2)C(=O)O1. The van der Waals surface area contributed by atoms with Crippen LogP contribution in [0.25, 0.3) is 6.08 Å². The van der Waals surface area contributed by atoms with Crippen molar-refractivity contribution >= 4 is 18.0 Å². The summed E-state index contributed by atoms with van der Waals surface area (Å²) in [6.07, 6.45) is -3.29. The number of esters is 2. The van der Waals surface area contributed by atoms with Crippen molar-refractivity contribution in [2.75, 3.05) is 0 Å². The van der Waals surface area contributed by atoms with E-state index in [0.717, 1.165) is 6.07 Å². The first kappa shape index (κ1) is 19.4. The molecule has 28 heavy (non-hydrogen) atoms. The predicted molar refractivity (Wildman–Crippen MR) is 90.0 cm³/mol. The van der Waals surface area contributed by atoms with Gasteiger partial charge in [-0.15, -0.1) is 0 Å². The second-order valence-electron chi connectivity index (χ2n) is 6.27. The van der Waals surface area contributed by atoms with Gasteiger partial charge in [-0.25, -0.2) is 14.6 Å². The third-order valence-electron chi connectivity index (χ3n) is 3.54. The van der Waals surface area contributed by atoms with Gasteiger partial charge < -0.3 is 14.2 Å². The Balaban J connectivity index is 1.76. The number of hydrogen-bond acceptors (Lipinski definition) is 6. The first-order valence-electron chi connectivity index (χ1n) is 8.04. The van der Waals surface area contributed by atoms with Crippen molar-refractivity contribution < 1.29 is 37.0 Å². The minimum absolute atomic E-state index is 0.220. The third-order valence-corrected chi connectivity index (χ3v) is 3.54. The fourth-order valence-corrected chi connectivity index (χ4v) is 2.33. The number of carbonyl (C=O) groups excluding carboxylic acids is 2. The summed E-state index contributed by atoms with van der Waals surface area (Å²) in [6, 6.07) is 9.25. The number of halogens is 3. The van der Waals surface area contributed by atoms with E-state index in [1.807, 2.05) is 0 Å². The summed E-state index contributed by atoms with van der Waals surface area (Å²) < 4.78 is 53.4. The molecule has 2 aromatic rings. The Morgan fingerprint density at radius 1 is 1.00 bits per heavy atom. The Morgan fingerprint density at radius 2 is 1.61 bits per heavy atom. The van der Waals surface area contributed by atoms with Crippen LogP contribution in [0.2, 0.25) is 0 Å². The average Bonchev–Trinajstić information content (AvgIpc) is 2.58. The van der Waals surface area contributed by atoms with Crippen molar-refractivity contribution in [2.24, 2.45) is 0 Å². The van der Waals surface area contributed by atoms with Crippen LogP contribution in [0.1, 0.15) is 25.1 Å². The number of aromatic nitrogens is 1. The van der Waals surface area contributed by atoms with Crippen molar-refractivity contribution in [3.63, 3.8) is 0 Å². The number of carbonyl (C=O) groups is 2. The van der Waals surface area contributed by atoms with E-state index in [0.29, 0.717) is 5.56 Å². The number of benzene rings is 1. The molecule has 9 heteroatoms. The summed E-state index contributed by atoms with van der Waals surface area (Å²) in [6.45, 7) is 2.88. The van der Waals surface area contributed by atoms with Crippen LogP contribution in [0.5, 0.6) is 11.6 Å². The van der Waals surface area contributed by atoms with E-state index in [2.05, 4.69) is 4.98 Å². The number of pyridine rings is 1. The molecule has 0 spiro atoms. The molecule has 1 aromatic heterocycles. The summed E-state index contributed by atoms with van der Waals surface area (Å²) in [5.74, 6) is -2.95. The molecular formula is C19H14F3NO5. The van der Waals surface area contributed by atoms with Gasteiger partial charge in [0, 0.05) is 19.9 Å². The maximum Gasteiger partial charge on any atom is 0.433 e. The van der Waals surface area contributed by atoms with E-state index in [9.17, 15) is 22.8 Å². The number of ether oxygens (including phenoxy) is 3. The predicted octanol–water partition coefficient (Wildman–Crippen LogP) is 4.11. The fourth-order valence-electron chi connectivity index (χ4n) is 2.33. The summed E-state index contributed by atoms with van der Waals surface area (Å²) >= 11 is 0. The zero-order valence-corrected chi connectivity index (χ0v) is 14.7. The molecule has 0 N–H and O–H groups in total. The van der Waals surface area contributed by atoms with Gasteiger partial charge in [0.05, 0.1) is 0 Å². The molecule has 146 valence electrons. The molecule has 0 atom stereocenters. The van der Waals surface area contributed by atoms with Crippen molar-refractivity contribution in [2.45, 2.75) is 25.8 Å². The number of hydrogen-bond donors (Lipinski definition) is 0. The first-order valence-corrected chi connectivity index (χ1v) is 8.04. The first-order chi connectivity index (χ1) is 13.0. The van der Waals surface area contributed by atoms with E-state index >= 15 is 0 Å². The van der Waals surface area contributed by atoms with E-state index in [1.165, 1.54) is 56.3 Å². The van der Waals surface area contributed by atoms with Gasteiger partial charge in [-0.3, -0.25) is 0 Å². The normalized spacial score (nSPS) is 16.2. The highest BCUT2D eigenvalue weighted by molar-refractivity contribution is 6.18. The van der Waals surface area contributed by atoms with Gasteiger partial charge in [-0.05, 0) is 29.8 Å². The summed E-state index contributed by atoms with van der Waals surface area (Å²) in [5, 5.41) is 0. The minimum Gasteiger partial charge on any atom is -0.439 e. The average molecular weight is 393 g/mol. The summed E-state index contributed by atoms with van der Waals surface area (Å²) in [7, 11) is 0. The molecule has 3 rings (SSSR count). The molecule has 0 radical (unpaired) electrons. The minimum atomic E-state index is -4.58. The van der Waals surface area contributed by atoms with Crippen LogP contribution in [-0.4, -0.2) is 22.7 Å².